The van der Waals surface area contributed by atoms with Crippen molar-refractivity contribution in [2.24, 2.45) is 7.05 Å². The molecule has 0 bridgehead atoms. The van der Waals surface area contributed by atoms with E-state index in [1.165, 1.54) is 11.6 Å². The topological polar surface area (TPSA) is 30.7 Å². The molecule has 0 fully saturated rings. The van der Waals surface area contributed by atoms with Gasteiger partial charge < -0.3 is 0 Å². The number of halogens is 3. The molecular weight excluding hydrogens is 369 g/mol. The predicted molar refractivity (Wildman–Crippen MR) is 89.5 cm³/mol. The van der Waals surface area contributed by atoms with Gasteiger partial charge in [0.25, 0.3) is 0 Å². The van der Waals surface area contributed by atoms with Crippen molar-refractivity contribution in [2.45, 2.75) is 5.33 Å². The molecule has 0 radical (unpaired) electrons. The van der Waals surface area contributed by atoms with Gasteiger partial charge in [0.1, 0.15) is 5.82 Å². The van der Waals surface area contributed by atoms with Crippen LogP contribution in [0.2, 0.25) is 5.02 Å². The lowest BCUT2D eigenvalue weighted by molar-refractivity contribution is 0.629. The highest BCUT2D eigenvalue weighted by Gasteiger charge is 2.17. The fraction of sp³-hybridized carbons (Fsp3) is 0.125. The highest BCUT2D eigenvalue weighted by atomic mass is 79.9. The van der Waals surface area contributed by atoms with Crippen LogP contribution in [0.5, 0.6) is 0 Å². The Morgan fingerprint density at radius 3 is 2.55 bits per heavy atom. The molecule has 1 heterocycles. The summed E-state index contributed by atoms with van der Waals surface area (Å²) in [7, 11) is 1.78. The summed E-state index contributed by atoms with van der Waals surface area (Å²) >= 11 is 9.49. The third-order valence-electron chi connectivity index (χ3n) is 3.32. The van der Waals surface area contributed by atoms with Crippen molar-refractivity contribution in [1.82, 2.24) is 14.8 Å². The average molecular weight is 381 g/mol. The van der Waals surface area contributed by atoms with E-state index in [9.17, 15) is 4.39 Å². The first-order valence-corrected chi connectivity index (χ1v) is 8.11. The smallest absolute Gasteiger partial charge is 0.186 e. The third kappa shape index (κ3) is 2.78. The van der Waals surface area contributed by atoms with E-state index in [0.29, 0.717) is 10.8 Å². The molecule has 0 saturated carbocycles. The molecule has 6 heteroatoms. The predicted octanol–water partition coefficient (Wildman–Crippen LogP) is 4.84. The zero-order chi connectivity index (χ0) is 15.7. The Hall–Kier alpha value is -1.72. The Bertz CT molecular complexity index is 795. The monoisotopic (exact) mass is 379 g/mol. The number of hydrogen-bond donors (Lipinski definition) is 0. The Morgan fingerprint density at radius 1 is 1.18 bits per heavy atom. The Kier molecular flexibility index (Phi) is 4.27. The maximum atomic E-state index is 14.0. The lowest BCUT2D eigenvalue weighted by Gasteiger charge is -2.01. The molecule has 0 amide bonds. The van der Waals surface area contributed by atoms with Gasteiger partial charge in [0.2, 0.25) is 0 Å². The summed E-state index contributed by atoms with van der Waals surface area (Å²) in [5.74, 6) is 0.514. The fourth-order valence-electron chi connectivity index (χ4n) is 2.20. The molecule has 3 nitrogen and oxygen atoms in total. The maximum Gasteiger partial charge on any atom is 0.186 e. The summed E-state index contributed by atoms with van der Waals surface area (Å²) in [4.78, 5) is 4.44. The molecule has 112 valence electrons. The molecule has 0 aliphatic heterocycles. The van der Waals surface area contributed by atoms with Crippen molar-refractivity contribution >= 4 is 27.5 Å². The first-order valence-electron chi connectivity index (χ1n) is 6.61. The second-order valence-electron chi connectivity index (χ2n) is 4.81. The van der Waals surface area contributed by atoms with E-state index in [4.69, 9.17) is 11.6 Å². The van der Waals surface area contributed by atoms with E-state index in [1.54, 1.807) is 23.9 Å². The van der Waals surface area contributed by atoms with Crippen molar-refractivity contribution in [2.75, 3.05) is 0 Å². The van der Waals surface area contributed by atoms with Crippen LogP contribution in [0, 0.1) is 5.82 Å². The standard InChI is InChI=1S/C16H12BrClFN3/c1-22-16(11-7-5-10(9-17)6-8-11)20-15(21-22)14-12(18)3-2-4-13(14)19/h2-8H,9H2,1H3. The van der Waals surface area contributed by atoms with Crippen LogP contribution >= 0.6 is 27.5 Å². The lowest BCUT2D eigenvalue weighted by atomic mass is 10.1. The van der Waals surface area contributed by atoms with Crippen LogP contribution in [-0.4, -0.2) is 14.8 Å². The molecule has 0 aliphatic carbocycles. The van der Waals surface area contributed by atoms with Crippen molar-refractivity contribution in [3.8, 4) is 22.8 Å². The van der Waals surface area contributed by atoms with E-state index in [1.807, 2.05) is 24.3 Å². The zero-order valence-electron chi connectivity index (χ0n) is 11.7. The van der Waals surface area contributed by atoms with Gasteiger partial charge in [0.05, 0.1) is 10.6 Å². The van der Waals surface area contributed by atoms with Crippen molar-refractivity contribution in [3.05, 3.63) is 58.9 Å². The molecule has 0 atom stereocenters. The molecule has 0 spiro atoms. The molecule has 22 heavy (non-hydrogen) atoms. The minimum atomic E-state index is -0.431. The Morgan fingerprint density at radius 2 is 1.91 bits per heavy atom. The van der Waals surface area contributed by atoms with E-state index < -0.39 is 5.82 Å². The summed E-state index contributed by atoms with van der Waals surface area (Å²) in [5, 5.41) is 5.39. The minimum absolute atomic E-state index is 0.225. The molecule has 0 N–H and O–H groups in total. The number of nitrogens with zero attached hydrogens (tertiary/aromatic N) is 3. The van der Waals surface area contributed by atoms with Crippen LogP contribution in [0.1, 0.15) is 5.56 Å². The maximum absolute atomic E-state index is 14.0. The number of aryl methyl sites for hydroxylation is 1. The van der Waals surface area contributed by atoms with Crippen LogP contribution in [-0.2, 0) is 12.4 Å². The normalized spacial score (nSPS) is 10.9. The fourth-order valence-corrected chi connectivity index (χ4v) is 2.82. The number of aromatic nitrogens is 3. The van der Waals surface area contributed by atoms with Crippen LogP contribution in [0.4, 0.5) is 4.39 Å². The van der Waals surface area contributed by atoms with Gasteiger partial charge in [0.15, 0.2) is 11.6 Å². The van der Waals surface area contributed by atoms with Gasteiger partial charge in [-0.3, -0.25) is 0 Å². The lowest BCUT2D eigenvalue weighted by Crippen LogP contribution is -1.94. The zero-order valence-corrected chi connectivity index (χ0v) is 14.1. The summed E-state index contributed by atoms with van der Waals surface area (Å²) in [6, 6.07) is 12.5. The first-order chi connectivity index (χ1) is 10.6. The number of alkyl halides is 1. The molecule has 0 saturated heterocycles. The second-order valence-corrected chi connectivity index (χ2v) is 5.78. The van der Waals surface area contributed by atoms with Gasteiger partial charge in [-0.15, -0.1) is 0 Å². The molecule has 3 aromatic rings. The quantitative estimate of drug-likeness (QED) is 0.609. The van der Waals surface area contributed by atoms with Gasteiger partial charge in [0, 0.05) is 17.9 Å². The summed E-state index contributed by atoms with van der Waals surface area (Å²) in [5.41, 5.74) is 2.31. The van der Waals surface area contributed by atoms with Crippen LogP contribution in [0.3, 0.4) is 0 Å². The van der Waals surface area contributed by atoms with Crippen molar-refractivity contribution in [1.29, 1.82) is 0 Å². The molecule has 0 aliphatic rings. The average Bonchev–Trinajstić information content (AvgIpc) is 2.89. The van der Waals surface area contributed by atoms with E-state index in [-0.39, 0.29) is 11.4 Å². The van der Waals surface area contributed by atoms with Crippen molar-refractivity contribution < 1.29 is 4.39 Å². The second kappa shape index (κ2) is 6.18. The Labute approximate surface area is 140 Å². The summed E-state index contributed by atoms with van der Waals surface area (Å²) < 4.78 is 15.6. The van der Waals surface area contributed by atoms with E-state index >= 15 is 0 Å². The molecule has 2 aromatic carbocycles. The molecule has 0 unspecified atom stereocenters. The molecular formula is C16H12BrClFN3. The highest BCUT2D eigenvalue weighted by molar-refractivity contribution is 9.08. The van der Waals surface area contributed by atoms with Gasteiger partial charge in [-0.2, -0.15) is 5.10 Å². The molecule has 3 rings (SSSR count). The van der Waals surface area contributed by atoms with Crippen LogP contribution < -0.4 is 0 Å². The summed E-state index contributed by atoms with van der Waals surface area (Å²) in [6.07, 6.45) is 0. The Balaban J connectivity index is 2.07. The molecule has 1 aromatic heterocycles. The van der Waals surface area contributed by atoms with Gasteiger partial charge >= 0.3 is 0 Å². The number of benzene rings is 2. The number of rotatable bonds is 3. The van der Waals surface area contributed by atoms with Crippen molar-refractivity contribution in [3.63, 3.8) is 0 Å². The van der Waals surface area contributed by atoms with E-state index in [0.717, 1.165) is 10.9 Å². The minimum Gasteiger partial charge on any atom is -0.248 e. The summed E-state index contributed by atoms with van der Waals surface area (Å²) in [6.45, 7) is 0. The number of hydrogen-bond acceptors (Lipinski definition) is 2. The van der Waals surface area contributed by atoms with Gasteiger partial charge in [-0.25, -0.2) is 14.1 Å². The van der Waals surface area contributed by atoms with E-state index in [2.05, 4.69) is 26.0 Å². The van der Waals surface area contributed by atoms with Gasteiger partial charge in [-0.1, -0.05) is 57.9 Å². The van der Waals surface area contributed by atoms with Crippen LogP contribution in [0.25, 0.3) is 22.8 Å². The highest BCUT2D eigenvalue weighted by Crippen LogP contribution is 2.30. The largest absolute Gasteiger partial charge is 0.248 e. The van der Waals surface area contributed by atoms with Crippen LogP contribution in [0.15, 0.2) is 42.5 Å². The SMILES string of the molecule is Cn1nc(-c2c(F)cccc2Cl)nc1-c1ccc(CBr)cc1. The van der Waals surface area contributed by atoms with Gasteiger partial charge in [-0.05, 0) is 17.7 Å². The third-order valence-corrected chi connectivity index (χ3v) is 4.28. The first kappa shape index (κ1) is 15.2.